The van der Waals surface area contributed by atoms with Crippen molar-refractivity contribution >= 4 is 15.9 Å². The minimum Gasteiger partial charge on any atom is -0.324 e. The van der Waals surface area contributed by atoms with E-state index in [1.165, 1.54) is 0 Å². The van der Waals surface area contributed by atoms with E-state index >= 15 is 0 Å². The Bertz CT molecular complexity index is 546. The third kappa shape index (κ3) is 3.70. The van der Waals surface area contributed by atoms with E-state index in [0.29, 0.717) is 6.04 Å². The molecule has 0 bridgehead atoms. The topological polar surface area (TPSA) is 43.8 Å². The van der Waals surface area contributed by atoms with E-state index in [4.69, 9.17) is 5.73 Å². The van der Waals surface area contributed by atoms with Gasteiger partial charge in [0.15, 0.2) is 0 Å². The van der Waals surface area contributed by atoms with Gasteiger partial charge < -0.3 is 5.73 Å². The van der Waals surface area contributed by atoms with Crippen LogP contribution in [0.3, 0.4) is 0 Å². The Morgan fingerprint density at radius 1 is 1.25 bits per heavy atom. The summed E-state index contributed by atoms with van der Waals surface area (Å²) in [7, 11) is 0. The summed E-state index contributed by atoms with van der Waals surface area (Å²) in [4.78, 5) is 0. The molecule has 2 rings (SSSR count). The molecule has 0 saturated carbocycles. The predicted molar refractivity (Wildman–Crippen MR) is 86.6 cm³/mol. The average Bonchev–Trinajstić information content (AvgIpc) is 2.88. The van der Waals surface area contributed by atoms with Crippen LogP contribution in [0.1, 0.15) is 50.0 Å². The molecule has 1 atom stereocenters. The fourth-order valence-corrected chi connectivity index (χ4v) is 2.85. The average molecular weight is 336 g/mol. The summed E-state index contributed by atoms with van der Waals surface area (Å²) in [5.41, 5.74) is 8.47. The lowest BCUT2D eigenvalue weighted by atomic mass is 10.0. The smallest absolute Gasteiger partial charge is 0.0643 e. The molecule has 1 unspecified atom stereocenters. The molecule has 1 heterocycles. The van der Waals surface area contributed by atoms with Crippen molar-refractivity contribution in [3.05, 3.63) is 52.3 Å². The highest BCUT2D eigenvalue weighted by Gasteiger charge is 2.12. The zero-order chi connectivity index (χ0) is 14.5. The van der Waals surface area contributed by atoms with Crippen LogP contribution in [0.25, 0.3) is 0 Å². The normalized spacial score (nSPS) is 12.8. The van der Waals surface area contributed by atoms with Gasteiger partial charge in [0, 0.05) is 23.1 Å². The van der Waals surface area contributed by atoms with Gasteiger partial charge in [0.05, 0.1) is 11.7 Å². The molecular formula is C16H22BrN3. The largest absolute Gasteiger partial charge is 0.324 e. The lowest BCUT2D eigenvalue weighted by Gasteiger charge is -2.13. The van der Waals surface area contributed by atoms with Crippen molar-refractivity contribution in [2.45, 2.75) is 45.2 Å². The minimum absolute atomic E-state index is 0.0162. The Balaban J connectivity index is 2.06. The number of benzene rings is 1. The highest BCUT2D eigenvalue weighted by molar-refractivity contribution is 9.10. The van der Waals surface area contributed by atoms with Gasteiger partial charge in [0.25, 0.3) is 0 Å². The summed E-state index contributed by atoms with van der Waals surface area (Å²) < 4.78 is 3.14. The van der Waals surface area contributed by atoms with Crippen molar-refractivity contribution in [1.29, 1.82) is 0 Å². The van der Waals surface area contributed by atoms with E-state index < -0.39 is 0 Å². The number of rotatable bonds is 6. The molecule has 108 valence electrons. The fraction of sp³-hybridized carbons (Fsp3) is 0.438. The lowest BCUT2D eigenvalue weighted by molar-refractivity contribution is 0.424. The summed E-state index contributed by atoms with van der Waals surface area (Å²) in [6.07, 6.45) is 5.05. The van der Waals surface area contributed by atoms with Crippen molar-refractivity contribution in [2.75, 3.05) is 0 Å². The van der Waals surface area contributed by atoms with Crippen LogP contribution in [0.5, 0.6) is 0 Å². The van der Waals surface area contributed by atoms with Gasteiger partial charge in [-0.2, -0.15) is 5.10 Å². The predicted octanol–water partition coefficient (Wildman–Crippen LogP) is 4.25. The van der Waals surface area contributed by atoms with Gasteiger partial charge in [-0.1, -0.05) is 41.9 Å². The molecule has 0 aliphatic rings. The highest BCUT2D eigenvalue weighted by atomic mass is 79.9. The number of aromatic nitrogens is 2. The van der Waals surface area contributed by atoms with E-state index in [-0.39, 0.29) is 6.04 Å². The monoisotopic (exact) mass is 335 g/mol. The number of halogens is 1. The maximum atomic E-state index is 6.28. The van der Waals surface area contributed by atoms with Crippen LogP contribution in [0.15, 0.2) is 41.0 Å². The molecule has 1 aromatic carbocycles. The Labute approximate surface area is 129 Å². The van der Waals surface area contributed by atoms with Crippen molar-refractivity contribution in [3.63, 3.8) is 0 Å². The van der Waals surface area contributed by atoms with E-state index in [0.717, 1.165) is 35.0 Å². The molecule has 0 fully saturated rings. The molecule has 2 N–H and O–H groups in total. The van der Waals surface area contributed by atoms with Crippen molar-refractivity contribution in [3.8, 4) is 0 Å². The number of hydrogen-bond donors (Lipinski definition) is 1. The highest BCUT2D eigenvalue weighted by Crippen LogP contribution is 2.20. The maximum absolute atomic E-state index is 6.28. The first-order valence-electron chi connectivity index (χ1n) is 7.19. The van der Waals surface area contributed by atoms with Crippen LogP contribution in [0, 0.1) is 0 Å². The molecule has 1 aromatic heterocycles. The molecule has 0 aliphatic carbocycles. The molecule has 0 radical (unpaired) electrons. The van der Waals surface area contributed by atoms with Gasteiger partial charge in [-0.15, -0.1) is 0 Å². The summed E-state index contributed by atoms with van der Waals surface area (Å²) in [6.45, 7) is 4.39. The van der Waals surface area contributed by atoms with Crippen LogP contribution in [-0.4, -0.2) is 9.78 Å². The van der Waals surface area contributed by atoms with Crippen molar-refractivity contribution < 1.29 is 0 Å². The second kappa shape index (κ2) is 7.04. The molecule has 20 heavy (non-hydrogen) atoms. The van der Waals surface area contributed by atoms with Crippen LogP contribution in [0.4, 0.5) is 0 Å². The second-order valence-corrected chi connectivity index (χ2v) is 6.04. The van der Waals surface area contributed by atoms with Crippen LogP contribution in [-0.2, 0) is 6.42 Å². The molecule has 4 heteroatoms. The molecule has 0 spiro atoms. The zero-order valence-corrected chi connectivity index (χ0v) is 13.7. The van der Waals surface area contributed by atoms with Crippen LogP contribution in [0.2, 0.25) is 0 Å². The fourth-order valence-electron chi connectivity index (χ4n) is 2.43. The SMILES string of the molecule is CCC(CC)n1ccc(CC(N)c2cccc(Br)c2)n1. The quantitative estimate of drug-likeness (QED) is 0.857. The molecular weight excluding hydrogens is 314 g/mol. The standard InChI is InChI=1S/C16H22BrN3/c1-3-15(4-2)20-9-8-14(19-20)11-16(18)12-6-5-7-13(17)10-12/h5-10,15-16H,3-4,11,18H2,1-2H3. The van der Waals surface area contributed by atoms with Gasteiger partial charge >= 0.3 is 0 Å². The first-order valence-corrected chi connectivity index (χ1v) is 7.98. The van der Waals surface area contributed by atoms with E-state index in [1.54, 1.807) is 0 Å². The Kier molecular flexibility index (Phi) is 5.38. The van der Waals surface area contributed by atoms with Crippen molar-refractivity contribution in [2.24, 2.45) is 5.73 Å². The van der Waals surface area contributed by atoms with Gasteiger partial charge in [-0.3, -0.25) is 4.68 Å². The molecule has 0 amide bonds. The van der Waals surface area contributed by atoms with E-state index in [2.05, 4.69) is 64.0 Å². The second-order valence-electron chi connectivity index (χ2n) is 5.12. The molecule has 0 aliphatic heterocycles. The number of hydrogen-bond acceptors (Lipinski definition) is 2. The molecule has 2 aromatic rings. The summed E-state index contributed by atoms with van der Waals surface area (Å²) in [6, 6.07) is 10.7. The molecule has 0 saturated heterocycles. The van der Waals surface area contributed by atoms with Gasteiger partial charge in [-0.05, 0) is 36.6 Å². The third-order valence-electron chi connectivity index (χ3n) is 3.69. The molecule has 3 nitrogen and oxygen atoms in total. The number of nitrogens with two attached hydrogens (primary N) is 1. The first-order chi connectivity index (χ1) is 9.63. The Hall–Kier alpha value is -1.13. The first kappa shape index (κ1) is 15.3. The van der Waals surface area contributed by atoms with Gasteiger partial charge in [0.1, 0.15) is 0 Å². The summed E-state index contributed by atoms with van der Waals surface area (Å²) >= 11 is 3.48. The zero-order valence-electron chi connectivity index (χ0n) is 12.1. The Morgan fingerprint density at radius 2 is 2.00 bits per heavy atom. The van der Waals surface area contributed by atoms with Crippen LogP contribution < -0.4 is 5.73 Å². The van der Waals surface area contributed by atoms with Gasteiger partial charge in [0.2, 0.25) is 0 Å². The lowest BCUT2D eigenvalue weighted by Crippen LogP contribution is -2.14. The summed E-state index contributed by atoms with van der Waals surface area (Å²) in [5.74, 6) is 0. The van der Waals surface area contributed by atoms with E-state index in [9.17, 15) is 0 Å². The van der Waals surface area contributed by atoms with Gasteiger partial charge in [-0.25, -0.2) is 0 Å². The minimum atomic E-state index is -0.0162. The van der Waals surface area contributed by atoms with E-state index in [1.807, 2.05) is 12.1 Å². The van der Waals surface area contributed by atoms with Crippen molar-refractivity contribution in [1.82, 2.24) is 9.78 Å². The number of nitrogens with zero attached hydrogens (tertiary/aromatic N) is 2. The maximum Gasteiger partial charge on any atom is 0.0643 e. The Morgan fingerprint density at radius 3 is 2.65 bits per heavy atom. The van der Waals surface area contributed by atoms with Crippen LogP contribution >= 0.6 is 15.9 Å². The third-order valence-corrected chi connectivity index (χ3v) is 4.18. The summed E-state index contributed by atoms with van der Waals surface area (Å²) in [5, 5.41) is 4.67.